The zero-order chi connectivity index (χ0) is 12.5. The van der Waals surface area contributed by atoms with Crippen LogP contribution in [0.1, 0.15) is 6.42 Å². The molecule has 1 unspecified atom stereocenters. The Hall–Kier alpha value is -1.14. The molecular formula is C13H21N3O2. The van der Waals surface area contributed by atoms with Crippen LogP contribution in [0.15, 0.2) is 36.7 Å². The summed E-state index contributed by atoms with van der Waals surface area (Å²) in [5.41, 5.74) is 0. The van der Waals surface area contributed by atoms with Gasteiger partial charge in [-0.3, -0.25) is 4.84 Å². The van der Waals surface area contributed by atoms with Gasteiger partial charge in [0.15, 0.2) is 0 Å². The van der Waals surface area contributed by atoms with Crippen LogP contribution < -0.4 is 10.6 Å². The van der Waals surface area contributed by atoms with Gasteiger partial charge in [-0.05, 0) is 18.6 Å². The van der Waals surface area contributed by atoms with Crippen LogP contribution in [0.3, 0.4) is 0 Å². The van der Waals surface area contributed by atoms with Crippen molar-refractivity contribution < 1.29 is 9.57 Å². The van der Waals surface area contributed by atoms with Gasteiger partial charge >= 0.3 is 0 Å². The molecule has 0 saturated carbocycles. The Morgan fingerprint density at radius 3 is 2.56 bits per heavy atom. The summed E-state index contributed by atoms with van der Waals surface area (Å²) in [4.78, 5) is 5.45. The fourth-order valence-corrected chi connectivity index (χ4v) is 1.61. The van der Waals surface area contributed by atoms with Gasteiger partial charge in [-0.15, -0.1) is 0 Å². The standard InChI is InChI=1S/C7H14N2O2.C6H7N/c1-4-10-7(1)5-11-9-3-2-8-6-9;1-2-4-6-7-5-3-1/h7-8H,1-6H2;1-7H. The number of ether oxygens (including phenoxy) is 1. The largest absolute Gasteiger partial charge is 0.376 e. The molecule has 3 aliphatic heterocycles. The van der Waals surface area contributed by atoms with Crippen molar-refractivity contribution in [3.05, 3.63) is 36.7 Å². The minimum atomic E-state index is 0.357. The summed E-state index contributed by atoms with van der Waals surface area (Å²) in [6.07, 6.45) is 13.1. The van der Waals surface area contributed by atoms with Gasteiger partial charge in [0.2, 0.25) is 0 Å². The molecule has 100 valence electrons. The quantitative estimate of drug-likeness (QED) is 0.775. The van der Waals surface area contributed by atoms with Crippen LogP contribution in [0.5, 0.6) is 0 Å². The molecule has 0 amide bonds. The van der Waals surface area contributed by atoms with Crippen molar-refractivity contribution in [2.75, 3.05) is 33.0 Å². The van der Waals surface area contributed by atoms with Crippen molar-refractivity contribution in [3.8, 4) is 0 Å². The van der Waals surface area contributed by atoms with E-state index >= 15 is 0 Å². The Morgan fingerprint density at radius 1 is 1.22 bits per heavy atom. The highest BCUT2D eigenvalue weighted by atomic mass is 16.7. The van der Waals surface area contributed by atoms with E-state index in [0.717, 1.165) is 39.4 Å². The Labute approximate surface area is 108 Å². The van der Waals surface area contributed by atoms with Gasteiger partial charge in [-0.1, -0.05) is 12.2 Å². The lowest BCUT2D eigenvalue weighted by atomic mass is 10.2. The maximum atomic E-state index is 5.45. The highest BCUT2D eigenvalue weighted by Gasteiger charge is 2.20. The zero-order valence-electron chi connectivity index (χ0n) is 10.5. The topological polar surface area (TPSA) is 45.8 Å². The maximum Gasteiger partial charge on any atom is 0.0948 e. The number of allylic oxidation sites excluding steroid dienone is 4. The molecule has 3 rings (SSSR count). The lowest BCUT2D eigenvalue weighted by Crippen LogP contribution is -2.35. The highest BCUT2D eigenvalue weighted by molar-refractivity contribution is 5.14. The van der Waals surface area contributed by atoms with E-state index in [4.69, 9.17) is 9.57 Å². The molecule has 1 atom stereocenters. The summed E-state index contributed by atoms with van der Waals surface area (Å²) in [7, 11) is 0. The summed E-state index contributed by atoms with van der Waals surface area (Å²) in [6.45, 7) is 4.51. The molecule has 5 nitrogen and oxygen atoms in total. The predicted molar refractivity (Wildman–Crippen MR) is 70.4 cm³/mol. The zero-order valence-corrected chi connectivity index (χ0v) is 10.5. The van der Waals surface area contributed by atoms with E-state index in [9.17, 15) is 0 Å². The number of nitrogens with zero attached hydrogens (tertiary/aromatic N) is 1. The third-order valence-corrected chi connectivity index (χ3v) is 2.78. The van der Waals surface area contributed by atoms with E-state index in [1.165, 1.54) is 0 Å². The van der Waals surface area contributed by atoms with Gasteiger partial charge in [-0.2, -0.15) is 5.06 Å². The first-order valence-corrected chi connectivity index (χ1v) is 6.40. The van der Waals surface area contributed by atoms with Crippen molar-refractivity contribution >= 4 is 0 Å². The molecule has 0 spiro atoms. The van der Waals surface area contributed by atoms with Gasteiger partial charge < -0.3 is 15.4 Å². The van der Waals surface area contributed by atoms with Gasteiger partial charge in [0, 0.05) is 32.1 Å². The second-order valence-corrected chi connectivity index (χ2v) is 4.21. The third-order valence-electron chi connectivity index (χ3n) is 2.78. The molecule has 18 heavy (non-hydrogen) atoms. The number of hydrogen-bond acceptors (Lipinski definition) is 5. The van der Waals surface area contributed by atoms with Crippen LogP contribution in [0.4, 0.5) is 0 Å². The second-order valence-electron chi connectivity index (χ2n) is 4.21. The molecule has 0 radical (unpaired) electrons. The Balaban J connectivity index is 0.000000149. The molecule has 0 aromatic rings. The van der Waals surface area contributed by atoms with Crippen molar-refractivity contribution in [1.29, 1.82) is 0 Å². The third kappa shape index (κ3) is 5.01. The van der Waals surface area contributed by atoms with Crippen LogP contribution in [0.25, 0.3) is 0 Å². The van der Waals surface area contributed by atoms with E-state index in [-0.39, 0.29) is 0 Å². The van der Waals surface area contributed by atoms with E-state index in [0.29, 0.717) is 6.10 Å². The van der Waals surface area contributed by atoms with Crippen LogP contribution in [-0.4, -0.2) is 44.1 Å². The van der Waals surface area contributed by atoms with Crippen LogP contribution in [0, 0.1) is 0 Å². The molecule has 2 saturated heterocycles. The summed E-state index contributed by atoms with van der Waals surface area (Å²) in [5.74, 6) is 0. The first-order chi connectivity index (χ1) is 8.95. The molecule has 0 bridgehead atoms. The molecule has 3 heterocycles. The van der Waals surface area contributed by atoms with Gasteiger partial charge in [0.25, 0.3) is 0 Å². The molecule has 2 fully saturated rings. The molecule has 0 aromatic carbocycles. The molecule has 2 N–H and O–H groups in total. The Bertz CT molecular complexity index is 291. The van der Waals surface area contributed by atoms with Crippen LogP contribution >= 0.6 is 0 Å². The van der Waals surface area contributed by atoms with Crippen LogP contribution in [0.2, 0.25) is 0 Å². The summed E-state index contributed by atoms with van der Waals surface area (Å²) in [6, 6.07) is 0. The van der Waals surface area contributed by atoms with Crippen molar-refractivity contribution in [3.63, 3.8) is 0 Å². The van der Waals surface area contributed by atoms with Gasteiger partial charge in [-0.25, -0.2) is 0 Å². The van der Waals surface area contributed by atoms with E-state index in [1.54, 1.807) is 0 Å². The summed E-state index contributed by atoms with van der Waals surface area (Å²) < 4.78 is 5.22. The molecule has 0 aromatic heterocycles. The van der Waals surface area contributed by atoms with Crippen LogP contribution in [-0.2, 0) is 9.57 Å². The minimum Gasteiger partial charge on any atom is -0.376 e. The Morgan fingerprint density at radius 2 is 2.00 bits per heavy atom. The van der Waals surface area contributed by atoms with E-state index in [1.807, 2.05) is 41.8 Å². The van der Waals surface area contributed by atoms with Crippen molar-refractivity contribution in [1.82, 2.24) is 15.7 Å². The fourth-order valence-electron chi connectivity index (χ4n) is 1.61. The lowest BCUT2D eigenvalue weighted by Gasteiger charge is -2.27. The monoisotopic (exact) mass is 251 g/mol. The summed E-state index contributed by atoms with van der Waals surface area (Å²) >= 11 is 0. The first kappa shape index (κ1) is 13.3. The maximum absolute atomic E-state index is 5.45. The van der Waals surface area contributed by atoms with E-state index in [2.05, 4.69) is 10.6 Å². The summed E-state index contributed by atoms with van der Waals surface area (Å²) in [5, 5.41) is 8.06. The molecule has 3 aliphatic rings. The number of hydrogen-bond donors (Lipinski definition) is 2. The minimum absolute atomic E-state index is 0.357. The molecular weight excluding hydrogens is 230 g/mol. The first-order valence-electron chi connectivity index (χ1n) is 6.40. The second kappa shape index (κ2) is 8.05. The Kier molecular flexibility index (Phi) is 5.94. The lowest BCUT2D eigenvalue weighted by molar-refractivity contribution is -0.195. The average molecular weight is 251 g/mol. The van der Waals surface area contributed by atoms with Gasteiger partial charge in [0.05, 0.1) is 19.4 Å². The normalized spacial score (nSPS) is 25.9. The smallest absolute Gasteiger partial charge is 0.0948 e. The number of hydroxylamine groups is 2. The number of nitrogens with one attached hydrogen (secondary N) is 2. The average Bonchev–Trinajstić information content (AvgIpc) is 2.66. The molecule has 0 aliphatic carbocycles. The van der Waals surface area contributed by atoms with Crippen molar-refractivity contribution in [2.45, 2.75) is 12.5 Å². The highest BCUT2D eigenvalue weighted by Crippen LogP contribution is 2.11. The number of rotatable bonds is 3. The molecule has 5 heteroatoms. The van der Waals surface area contributed by atoms with Crippen molar-refractivity contribution in [2.24, 2.45) is 0 Å². The predicted octanol–water partition coefficient (Wildman–Crippen LogP) is 0.743. The fraction of sp³-hybridized carbons (Fsp3) is 0.538. The van der Waals surface area contributed by atoms with E-state index < -0.39 is 0 Å². The van der Waals surface area contributed by atoms with Gasteiger partial charge in [0.1, 0.15) is 0 Å². The SMILES string of the molecule is C1=CC=CNC=C1.C1CN(OCC2CCO2)CN1.